The molecule has 6 heteroatoms. The molecule has 2 amide bonds. The van der Waals surface area contributed by atoms with Gasteiger partial charge in [0.25, 0.3) is 5.91 Å². The second-order valence-corrected chi connectivity index (χ2v) is 7.66. The number of benzene rings is 1. The average Bonchev–Trinajstić information content (AvgIpc) is 2.55. The van der Waals surface area contributed by atoms with E-state index in [-0.39, 0.29) is 23.9 Å². The molecule has 130 valence electrons. The monoisotopic (exact) mass is 368 g/mol. The highest BCUT2D eigenvalue weighted by molar-refractivity contribution is 6.35. The number of halogens is 2. The maximum Gasteiger partial charge on any atom is 0.253 e. The van der Waals surface area contributed by atoms with E-state index in [4.69, 9.17) is 23.2 Å². The zero-order valence-corrected chi connectivity index (χ0v) is 15.2. The van der Waals surface area contributed by atoms with Crippen LogP contribution in [0.1, 0.15) is 49.4 Å². The van der Waals surface area contributed by atoms with Crippen LogP contribution in [-0.4, -0.2) is 23.9 Å². The summed E-state index contributed by atoms with van der Waals surface area (Å²) in [6.45, 7) is 2.15. The minimum absolute atomic E-state index is 0.0460. The van der Waals surface area contributed by atoms with Crippen LogP contribution in [0.15, 0.2) is 18.2 Å². The van der Waals surface area contributed by atoms with Crippen molar-refractivity contribution in [2.24, 2.45) is 11.8 Å². The van der Waals surface area contributed by atoms with Gasteiger partial charge < -0.3 is 10.6 Å². The molecule has 4 unspecified atom stereocenters. The molecule has 1 aromatic carbocycles. The lowest BCUT2D eigenvalue weighted by Gasteiger charge is -2.44. The summed E-state index contributed by atoms with van der Waals surface area (Å²) >= 11 is 12.1. The van der Waals surface area contributed by atoms with Gasteiger partial charge in [-0.2, -0.15) is 0 Å². The lowest BCUT2D eigenvalue weighted by molar-refractivity contribution is -0.127. The van der Waals surface area contributed by atoms with Crippen molar-refractivity contribution in [2.45, 2.75) is 51.1 Å². The van der Waals surface area contributed by atoms with E-state index >= 15 is 0 Å². The third kappa shape index (κ3) is 3.70. The van der Waals surface area contributed by atoms with Gasteiger partial charge in [-0.15, -0.1) is 0 Å². The van der Waals surface area contributed by atoms with E-state index in [1.165, 1.54) is 0 Å². The molecule has 24 heavy (non-hydrogen) atoms. The van der Waals surface area contributed by atoms with Crippen molar-refractivity contribution in [3.63, 3.8) is 0 Å². The number of hydrogen-bond acceptors (Lipinski definition) is 2. The number of carbonyl (C=O) groups excluding carboxylic acids is 2. The second kappa shape index (κ2) is 7.32. The van der Waals surface area contributed by atoms with Crippen molar-refractivity contribution in [3.05, 3.63) is 33.8 Å². The quantitative estimate of drug-likeness (QED) is 0.851. The molecule has 1 heterocycles. The minimum Gasteiger partial charge on any atom is -0.353 e. The summed E-state index contributed by atoms with van der Waals surface area (Å²) in [5.74, 6) is 0.909. The molecule has 1 saturated carbocycles. The number of rotatable bonds is 3. The summed E-state index contributed by atoms with van der Waals surface area (Å²) in [6.07, 6.45) is 4.39. The zero-order valence-electron chi connectivity index (χ0n) is 13.6. The Balaban J connectivity index is 1.66. The first-order valence-corrected chi connectivity index (χ1v) is 9.28. The number of hydrogen-bond donors (Lipinski definition) is 2. The first kappa shape index (κ1) is 17.6. The molecule has 1 aliphatic carbocycles. The Bertz CT molecular complexity index is 650. The summed E-state index contributed by atoms with van der Waals surface area (Å²) in [4.78, 5) is 24.4. The van der Waals surface area contributed by atoms with E-state index in [2.05, 4.69) is 17.6 Å². The van der Waals surface area contributed by atoms with E-state index in [9.17, 15) is 9.59 Å². The summed E-state index contributed by atoms with van der Waals surface area (Å²) in [7, 11) is 0. The minimum atomic E-state index is -0.208. The van der Waals surface area contributed by atoms with Crippen LogP contribution >= 0.6 is 23.2 Å². The first-order chi connectivity index (χ1) is 11.5. The van der Waals surface area contributed by atoms with Crippen molar-refractivity contribution in [3.8, 4) is 0 Å². The molecule has 2 fully saturated rings. The standard InChI is InChI=1S/C18H22Cl2N2O2/c1-2-10-7-17(23)22-16-9-12(4-5-13(10)16)21-18(24)14-8-11(19)3-6-15(14)20/h3,6,8,10,12-13,16H,2,4-5,7,9H2,1H3,(H,21,24)(H,22,23). The van der Waals surface area contributed by atoms with Crippen LogP contribution in [-0.2, 0) is 4.79 Å². The predicted octanol–water partition coefficient (Wildman–Crippen LogP) is 3.81. The van der Waals surface area contributed by atoms with E-state index in [0.29, 0.717) is 33.9 Å². The molecular formula is C18H22Cl2N2O2. The summed E-state index contributed by atoms with van der Waals surface area (Å²) in [6, 6.07) is 5.08. The molecule has 0 aromatic heterocycles. The molecule has 4 atom stereocenters. The molecule has 0 bridgehead atoms. The van der Waals surface area contributed by atoms with Crippen LogP contribution in [0.4, 0.5) is 0 Å². The molecule has 3 rings (SSSR count). The van der Waals surface area contributed by atoms with Crippen molar-refractivity contribution >= 4 is 35.0 Å². The Labute approximate surface area is 152 Å². The number of piperidine rings is 1. The molecular weight excluding hydrogens is 347 g/mol. The van der Waals surface area contributed by atoms with E-state index in [1.807, 2.05) is 0 Å². The predicted molar refractivity (Wildman–Crippen MR) is 95.4 cm³/mol. The summed E-state index contributed by atoms with van der Waals surface area (Å²) < 4.78 is 0. The Morgan fingerprint density at radius 3 is 2.88 bits per heavy atom. The first-order valence-electron chi connectivity index (χ1n) is 8.53. The fourth-order valence-electron chi connectivity index (χ4n) is 4.09. The highest BCUT2D eigenvalue weighted by Crippen LogP contribution is 2.37. The van der Waals surface area contributed by atoms with E-state index < -0.39 is 0 Å². The average molecular weight is 369 g/mol. The smallest absolute Gasteiger partial charge is 0.253 e. The molecule has 2 N–H and O–H groups in total. The number of amides is 2. The van der Waals surface area contributed by atoms with Crippen molar-refractivity contribution in [2.75, 3.05) is 0 Å². The van der Waals surface area contributed by atoms with Gasteiger partial charge in [-0.1, -0.05) is 36.5 Å². The Kier molecular flexibility index (Phi) is 5.36. The molecule has 2 aliphatic rings. The molecule has 0 spiro atoms. The van der Waals surface area contributed by atoms with Crippen LogP contribution in [0.5, 0.6) is 0 Å². The highest BCUT2D eigenvalue weighted by Gasteiger charge is 2.40. The number of carbonyl (C=O) groups is 2. The van der Waals surface area contributed by atoms with E-state index in [1.54, 1.807) is 18.2 Å². The van der Waals surface area contributed by atoms with Gasteiger partial charge in [0.15, 0.2) is 0 Å². The topological polar surface area (TPSA) is 58.2 Å². The van der Waals surface area contributed by atoms with Crippen molar-refractivity contribution in [1.29, 1.82) is 0 Å². The Morgan fingerprint density at radius 1 is 1.33 bits per heavy atom. The number of nitrogens with one attached hydrogen (secondary N) is 2. The molecule has 4 nitrogen and oxygen atoms in total. The Morgan fingerprint density at radius 2 is 2.12 bits per heavy atom. The van der Waals surface area contributed by atoms with Crippen LogP contribution in [0.25, 0.3) is 0 Å². The molecule has 1 saturated heterocycles. The van der Waals surface area contributed by atoms with Gasteiger partial charge in [-0.05, 0) is 49.3 Å². The fraction of sp³-hybridized carbons (Fsp3) is 0.556. The van der Waals surface area contributed by atoms with Crippen LogP contribution < -0.4 is 10.6 Å². The zero-order chi connectivity index (χ0) is 17.3. The van der Waals surface area contributed by atoms with Crippen molar-refractivity contribution in [1.82, 2.24) is 10.6 Å². The fourth-order valence-corrected chi connectivity index (χ4v) is 4.47. The van der Waals surface area contributed by atoms with Gasteiger partial charge in [0, 0.05) is 23.5 Å². The van der Waals surface area contributed by atoms with Gasteiger partial charge in [-0.25, -0.2) is 0 Å². The molecule has 0 radical (unpaired) electrons. The lowest BCUT2D eigenvalue weighted by Crippen LogP contribution is -2.55. The molecule has 1 aliphatic heterocycles. The Hall–Kier alpha value is -1.26. The van der Waals surface area contributed by atoms with Crippen LogP contribution in [0.3, 0.4) is 0 Å². The maximum atomic E-state index is 12.5. The van der Waals surface area contributed by atoms with Gasteiger partial charge in [0.1, 0.15) is 0 Å². The summed E-state index contributed by atoms with van der Waals surface area (Å²) in [5.41, 5.74) is 0.394. The SMILES string of the molecule is CCC1CC(=O)NC2CC(NC(=O)c3cc(Cl)ccc3Cl)CCC12. The summed E-state index contributed by atoms with van der Waals surface area (Å²) in [5, 5.41) is 7.04. The third-order valence-corrected chi connectivity index (χ3v) is 5.90. The normalized spacial score (nSPS) is 29.5. The van der Waals surface area contributed by atoms with Gasteiger partial charge in [0.2, 0.25) is 5.91 Å². The van der Waals surface area contributed by atoms with E-state index in [0.717, 1.165) is 25.7 Å². The second-order valence-electron chi connectivity index (χ2n) is 6.82. The van der Waals surface area contributed by atoms with Gasteiger partial charge in [0.05, 0.1) is 10.6 Å². The van der Waals surface area contributed by atoms with Gasteiger partial charge in [-0.3, -0.25) is 9.59 Å². The number of fused-ring (bicyclic) bond motifs is 1. The van der Waals surface area contributed by atoms with Crippen molar-refractivity contribution < 1.29 is 9.59 Å². The largest absolute Gasteiger partial charge is 0.353 e. The molecule has 1 aromatic rings. The maximum absolute atomic E-state index is 12.5. The van der Waals surface area contributed by atoms with Crippen LogP contribution in [0, 0.1) is 11.8 Å². The lowest BCUT2D eigenvalue weighted by atomic mass is 9.70. The third-order valence-electron chi connectivity index (χ3n) is 5.34. The highest BCUT2D eigenvalue weighted by atomic mass is 35.5. The van der Waals surface area contributed by atoms with Crippen LogP contribution in [0.2, 0.25) is 10.0 Å². The van der Waals surface area contributed by atoms with Gasteiger partial charge >= 0.3 is 0 Å².